The van der Waals surface area contributed by atoms with Gasteiger partial charge in [-0.1, -0.05) is 18.2 Å². The van der Waals surface area contributed by atoms with Gasteiger partial charge in [0.15, 0.2) is 5.79 Å². The predicted octanol–water partition coefficient (Wildman–Crippen LogP) is 2.13. The Labute approximate surface area is 118 Å². The molecular formula is C16H20O4. The smallest absolute Gasteiger partial charge is 0.331 e. The van der Waals surface area contributed by atoms with Crippen molar-refractivity contribution in [1.29, 1.82) is 0 Å². The molecule has 0 atom stereocenters. The van der Waals surface area contributed by atoms with Gasteiger partial charge >= 0.3 is 5.97 Å². The zero-order valence-corrected chi connectivity index (χ0v) is 12.0. The molecule has 0 radical (unpaired) electrons. The summed E-state index contributed by atoms with van der Waals surface area (Å²) >= 11 is 0. The van der Waals surface area contributed by atoms with Crippen LogP contribution in [-0.2, 0) is 21.7 Å². The van der Waals surface area contributed by atoms with Crippen molar-refractivity contribution in [3.05, 3.63) is 41.0 Å². The highest BCUT2D eigenvalue weighted by atomic mass is 16.6. The summed E-state index contributed by atoms with van der Waals surface area (Å²) in [5, 5.41) is 19.5. The molecule has 2 N–H and O–H groups in total. The zero-order chi connectivity index (χ0) is 15.0. The first-order valence-corrected chi connectivity index (χ1v) is 6.67. The van der Waals surface area contributed by atoms with Crippen molar-refractivity contribution in [2.75, 3.05) is 0 Å². The molecule has 20 heavy (non-hydrogen) atoms. The topological polar surface area (TPSA) is 66.8 Å². The van der Waals surface area contributed by atoms with Gasteiger partial charge < -0.3 is 14.9 Å². The van der Waals surface area contributed by atoms with Gasteiger partial charge in [0.25, 0.3) is 0 Å². The van der Waals surface area contributed by atoms with Crippen molar-refractivity contribution in [2.24, 2.45) is 0 Å². The minimum Gasteiger partial charge on any atom is -0.457 e. The van der Waals surface area contributed by atoms with Gasteiger partial charge in [-0.05, 0) is 44.4 Å². The van der Waals surface area contributed by atoms with Gasteiger partial charge in [0.2, 0.25) is 0 Å². The number of benzene rings is 1. The first kappa shape index (κ1) is 14.8. The molecular weight excluding hydrogens is 256 g/mol. The van der Waals surface area contributed by atoms with Crippen LogP contribution < -0.4 is 0 Å². The Morgan fingerprint density at radius 1 is 1.35 bits per heavy atom. The molecule has 0 aromatic heterocycles. The molecule has 0 spiro atoms. The third-order valence-corrected chi connectivity index (χ3v) is 3.12. The third kappa shape index (κ3) is 3.46. The average Bonchev–Trinajstić information content (AvgIpc) is 2.60. The van der Waals surface area contributed by atoms with E-state index in [-0.39, 0.29) is 0 Å². The molecule has 2 rings (SSSR count). The summed E-state index contributed by atoms with van der Waals surface area (Å²) < 4.78 is 5.18. The highest BCUT2D eigenvalue weighted by molar-refractivity contribution is 5.87. The Hall–Kier alpha value is -1.65. The minimum absolute atomic E-state index is 0.307. The van der Waals surface area contributed by atoms with Gasteiger partial charge in [-0.15, -0.1) is 0 Å². The van der Waals surface area contributed by atoms with Crippen LogP contribution in [0.3, 0.4) is 0 Å². The Morgan fingerprint density at radius 2 is 2.05 bits per heavy atom. The Kier molecular flexibility index (Phi) is 3.71. The molecule has 0 saturated heterocycles. The van der Waals surface area contributed by atoms with Crippen LogP contribution in [0.2, 0.25) is 0 Å². The molecule has 1 aromatic rings. The fourth-order valence-electron chi connectivity index (χ4n) is 2.26. The summed E-state index contributed by atoms with van der Waals surface area (Å²) in [4.78, 5) is 11.6. The summed E-state index contributed by atoms with van der Waals surface area (Å²) in [5.74, 6) is -2.11. The molecule has 0 aliphatic heterocycles. The highest BCUT2D eigenvalue weighted by Crippen LogP contribution is 2.35. The van der Waals surface area contributed by atoms with Crippen LogP contribution >= 0.6 is 0 Å². The van der Waals surface area contributed by atoms with Crippen molar-refractivity contribution in [3.8, 4) is 0 Å². The molecule has 4 nitrogen and oxygen atoms in total. The number of hydrogen-bond acceptors (Lipinski definition) is 4. The highest BCUT2D eigenvalue weighted by Gasteiger charge is 2.34. The van der Waals surface area contributed by atoms with E-state index in [1.54, 1.807) is 18.2 Å². The summed E-state index contributed by atoms with van der Waals surface area (Å²) in [7, 11) is 0. The van der Waals surface area contributed by atoms with Gasteiger partial charge in [-0.3, -0.25) is 0 Å². The second-order valence-corrected chi connectivity index (χ2v) is 6.10. The number of fused-ring (bicyclic) bond motifs is 1. The van der Waals surface area contributed by atoms with Crippen LogP contribution in [-0.4, -0.2) is 21.8 Å². The SMILES string of the molecule is CC(C)(C)OC(=O)/C=C/c1ccc2c(c1)CCC2(O)O. The van der Waals surface area contributed by atoms with Gasteiger partial charge in [-0.2, -0.15) is 0 Å². The van der Waals surface area contributed by atoms with E-state index in [1.807, 2.05) is 26.8 Å². The van der Waals surface area contributed by atoms with E-state index in [9.17, 15) is 15.0 Å². The van der Waals surface area contributed by atoms with Gasteiger partial charge in [0, 0.05) is 18.1 Å². The van der Waals surface area contributed by atoms with Crippen LogP contribution in [0.4, 0.5) is 0 Å². The molecule has 1 aliphatic carbocycles. The molecule has 1 aliphatic rings. The maximum atomic E-state index is 11.6. The van der Waals surface area contributed by atoms with Crippen molar-refractivity contribution in [1.82, 2.24) is 0 Å². The standard InChI is InChI=1S/C16H20O4/c1-15(2,3)20-14(17)7-5-11-4-6-13-12(10-11)8-9-16(13,18)19/h4-7,10,18-19H,8-9H2,1-3H3/b7-5+. The van der Waals surface area contributed by atoms with Crippen molar-refractivity contribution >= 4 is 12.0 Å². The van der Waals surface area contributed by atoms with E-state index < -0.39 is 17.4 Å². The number of rotatable bonds is 2. The number of aryl methyl sites for hydroxylation is 1. The maximum absolute atomic E-state index is 11.6. The molecule has 0 heterocycles. The fraction of sp³-hybridized carbons (Fsp3) is 0.438. The van der Waals surface area contributed by atoms with E-state index in [1.165, 1.54) is 6.08 Å². The number of hydrogen-bond donors (Lipinski definition) is 2. The van der Waals surface area contributed by atoms with E-state index in [0.29, 0.717) is 18.4 Å². The summed E-state index contributed by atoms with van der Waals surface area (Å²) in [6.45, 7) is 5.45. The van der Waals surface area contributed by atoms with Crippen LogP contribution in [0.25, 0.3) is 6.08 Å². The molecule has 4 heteroatoms. The average molecular weight is 276 g/mol. The molecule has 0 amide bonds. The van der Waals surface area contributed by atoms with E-state index in [4.69, 9.17) is 4.74 Å². The number of aliphatic hydroxyl groups is 2. The van der Waals surface area contributed by atoms with Crippen molar-refractivity contribution in [3.63, 3.8) is 0 Å². The monoisotopic (exact) mass is 276 g/mol. The molecule has 0 unspecified atom stereocenters. The molecule has 1 aromatic carbocycles. The van der Waals surface area contributed by atoms with Crippen LogP contribution in [0, 0.1) is 0 Å². The second kappa shape index (κ2) is 5.04. The van der Waals surface area contributed by atoms with E-state index >= 15 is 0 Å². The first-order chi connectivity index (χ1) is 9.17. The first-order valence-electron chi connectivity index (χ1n) is 6.67. The summed E-state index contributed by atoms with van der Waals surface area (Å²) in [6.07, 6.45) is 3.98. The van der Waals surface area contributed by atoms with Crippen LogP contribution in [0.1, 0.15) is 43.9 Å². The lowest BCUT2D eigenvalue weighted by Crippen LogP contribution is -2.22. The lowest BCUT2D eigenvalue weighted by molar-refractivity contribution is -0.166. The minimum atomic E-state index is -1.72. The van der Waals surface area contributed by atoms with Crippen molar-refractivity contribution < 1.29 is 19.7 Å². The Balaban J connectivity index is 2.11. The lowest BCUT2D eigenvalue weighted by atomic mass is 10.0. The number of esters is 1. The lowest BCUT2D eigenvalue weighted by Gasteiger charge is -2.18. The van der Waals surface area contributed by atoms with E-state index in [2.05, 4.69) is 0 Å². The van der Waals surface area contributed by atoms with Crippen LogP contribution in [0.15, 0.2) is 24.3 Å². The Morgan fingerprint density at radius 3 is 2.70 bits per heavy atom. The van der Waals surface area contributed by atoms with Gasteiger partial charge in [0.1, 0.15) is 5.60 Å². The predicted molar refractivity (Wildman–Crippen MR) is 75.8 cm³/mol. The normalized spacial score (nSPS) is 17.2. The summed E-state index contributed by atoms with van der Waals surface area (Å²) in [5.41, 5.74) is 1.78. The molecule has 0 saturated carbocycles. The molecule has 0 bridgehead atoms. The number of carbonyl (C=O) groups excluding carboxylic acids is 1. The Bertz CT molecular complexity index is 550. The van der Waals surface area contributed by atoms with Gasteiger partial charge in [0.05, 0.1) is 0 Å². The molecule has 0 fully saturated rings. The maximum Gasteiger partial charge on any atom is 0.331 e. The van der Waals surface area contributed by atoms with Crippen molar-refractivity contribution in [2.45, 2.75) is 45.0 Å². The second-order valence-electron chi connectivity index (χ2n) is 6.10. The third-order valence-electron chi connectivity index (χ3n) is 3.12. The van der Waals surface area contributed by atoms with Gasteiger partial charge in [-0.25, -0.2) is 4.79 Å². The summed E-state index contributed by atoms with van der Waals surface area (Å²) in [6, 6.07) is 5.31. The molecule has 108 valence electrons. The zero-order valence-electron chi connectivity index (χ0n) is 12.0. The fourth-order valence-corrected chi connectivity index (χ4v) is 2.26. The number of carbonyl (C=O) groups is 1. The van der Waals surface area contributed by atoms with E-state index in [0.717, 1.165) is 11.1 Å². The quantitative estimate of drug-likeness (QED) is 0.493. The van der Waals surface area contributed by atoms with Crippen LogP contribution in [0.5, 0.6) is 0 Å². The number of ether oxygens (including phenoxy) is 1. The largest absolute Gasteiger partial charge is 0.457 e.